The summed E-state index contributed by atoms with van der Waals surface area (Å²) in [5, 5.41) is 0. The van der Waals surface area contributed by atoms with Crippen LogP contribution in [-0.2, 0) is 0 Å². The molecule has 6 heteroatoms. The highest BCUT2D eigenvalue weighted by atomic mass is 35.5. The Hall–Kier alpha value is -0.390. The number of rotatable bonds is 4. The molecule has 0 fully saturated rings. The normalized spacial score (nSPS) is 13.8. The van der Waals surface area contributed by atoms with E-state index in [4.69, 9.17) is 5.73 Å². The molecule has 0 unspecified atom stereocenters. The number of thioether (sulfide) groups is 1. The van der Waals surface area contributed by atoms with Gasteiger partial charge in [-0.1, -0.05) is 39.0 Å². The molecule has 1 nitrogen and oxygen atoms in total. The third-order valence-corrected chi connectivity index (χ3v) is 3.68. The van der Waals surface area contributed by atoms with Gasteiger partial charge in [0.1, 0.15) is 0 Å². The Balaban J connectivity index is 0.00000361. The van der Waals surface area contributed by atoms with Gasteiger partial charge in [-0.3, -0.25) is 0 Å². The van der Waals surface area contributed by atoms with E-state index in [-0.39, 0.29) is 23.6 Å². The molecule has 0 saturated heterocycles. The molecule has 0 aliphatic carbocycles. The highest BCUT2D eigenvalue weighted by Gasteiger charge is 2.28. The lowest BCUT2D eigenvalue weighted by Gasteiger charge is -2.22. The average molecular weight is 328 g/mol. The second-order valence-electron chi connectivity index (χ2n) is 5.51. The number of hydrogen-bond acceptors (Lipinski definition) is 2. The predicted octanol–water partition coefficient (Wildman–Crippen LogP) is 5.34. The highest BCUT2D eigenvalue weighted by Crippen LogP contribution is 2.37. The van der Waals surface area contributed by atoms with Crippen LogP contribution in [0.2, 0.25) is 0 Å². The first kappa shape index (κ1) is 19.6. The number of halogens is 4. The molecule has 2 N–H and O–H groups in total. The Labute approximate surface area is 128 Å². The molecular formula is C14H21ClF3NS. The van der Waals surface area contributed by atoms with Crippen LogP contribution >= 0.6 is 24.2 Å². The summed E-state index contributed by atoms with van der Waals surface area (Å²) in [7, 11) is 0. The van der Waals surface area contributed by atoms with Crippen LogP contribution in [0, 0.1) is 0 Å². The van der Waals surface area contributed by atoms with Gasteiger partial charge in [-0.2, -0.15) is 13.2 Å². The molecule has 0 heterocycles. The number of benzene rings is 1. The summed E-state index contributed by atoms with van der Waals surface area (Å²) in [5.74, 6) is 0. The van der Waals surface area contributed by atoms with Gasteiger partial charge in [-0.05, 0) is 18.1 Å². The fourth-order valence-electron chi connectivity index (χ4n) is 1.68. The number of nitrogens with two attached hydrogens (primary N) is 1. The lowest BCUT2D eigenvalue weighted by Crippen LogP contribution is -2.17. The highest BCUT2D eigenvalue weighted by molar-refractivity contribution is 8.00. The van der Waals surface area contributed by atoms with E-state index in [0.717, 1.165) is 10.5 Å². The van der Waals surface area contributed by atoms with Gasteiger partial charge in [0.2, 0.25) is 0 Å². The molecule has 0 spiro atoms. The van der Waals surface area contributed by atoms with Crippen molar-refractivity contribution in [3.05, 3.63) is 29.8 Å². The van der Waals surface area contributed by atoms with E-state index < -0.39 is 18.6 Å². The number of alkyl halides is 3. The molecular weight excluding hydrogens is 307 g/mol. The van der Waals surface area contributed by atoms with E-state index in [0.29, 0.717) is 0 Å². The molecule has 1 atom stereocenters. The van der Waals surface area contributed by atoms with Crippen LogP contribution in [0.5, 0.6) is 0 Å². The minimum atomic E-state index is -4.15. The summed E-state index contributed by atoms with van der Waals surface area (Å²) in [6.07, 6.45) is -5.07. The van der Waals surface area contributed by atoms with Crippen molar-refractivity contribution in [3.63, 3.8) is 0 Å². The quantitative estimate of drug-likeness (QED) is 0.755. The van der Waals surface area contributed by atoms with E-state index in [1.54, 1.807) is 11.8 Å². The fraction of sp³-hybridized carbons (Fsp3) is 0.571. The van der Waals surface area contributed by atoms with Crippen molar-refractivity contribution in [2.24, 2.45) is 5.73 Å². The zero-order chi connectivity index (χ0) is 14.7. The van der Waals surface area contributed by atoms with E-state index >= 15 is 0 Å². The van der Waals surface area contributed by atoms with Crippen molar-refractivity contribution >= 4 is 24.2 Å². The second-order valence-corrected chi connectivity index (χ2v) is 7.38. The second kappa shape index (κ2) is 7.57. The van der Waals surface area contributed by atoms with Crippen molar-refractivity contribution in [3.8, 4) is 0 Å². The monoisotopic (exact) mass is 327 g/mol. The van der Waals surface area contributed by atoms with Crippen molar-refractivity contribution in [1.82, 2.24) is 0 Å². The Morgan fingerprint density at radius 3 is 2.20 bits per heavy atom. The summed E-state index contributed by atoms with van der Waals surface area (Å²) in [6.45, 7) is 6.20. The molecule has 0 aliphatic rings. The van der Waals surface area contributed by atoms with E-state index in [1.165, 1.54) is 0 Å². The average Bonchev–Trinajstić information content (AvgIpc) is 2.23. The smallest absolute Gasteiger partial charge is 0.324 e. The van der Waals surface area contributed by atoms with Gasteiger partial charge in [0, 0.05) is 22.1 Å². The van der Waals surface area contributed by atoms with Gasteiger partial charge in [0.15, 0.2) is 0 Å². The molecule has 1 rings (SSSR count). The molecule has 0 aromatic heterocycles. The van der Waals surface area contributed by atoms with E-state index in [2.05, 4.69) is 20.8 Å². The van der Waals surface area contributed by atoms with E-state index in [1.807, 2.05) is 24.3 Å². The Morgan fingerprint density at radius 2 is 1.70 bits per heavy atom. The maximum absolute atomic E-state index is 12.2. The topological polar surface area (TPSA) is 26.0 Å². The molecule has 1 aromatic rings. The Morgan fingerprint density at radius 1 is 1.15 bits per heavy atom. The molecule has 116 valence electrons. The molecule has 0 radical (unpaired) electrons. The largest absolute Gasteiger partial charge is 0.389 e. The van der Waals surface area contributed by atoms with Crippen LogP contribution in [0.25, 0.3) is 0 Å². The first-order valence-corrected chi connectivity index (χ1v) is 7.00. The predicted molar refractivity (Wildman–Crippen MR) is 81.5 cm³/mol. The molecule has 0 aliphatic heterocycles. The van der Waals surface area contributed by atoms with Crippen LogP contribution in [0.1, 0.15) is 45.2 Å². The summed E-state index contributed by atoms with van der Waals surface area (Å²) in [5.41, 5.74) is 6.71. The molecule has 1 aromatic carbocycles. The van der Waals surface area contributed by atoms with Crippen LogP contribution in [-0.4, -0.2) is 10.9 Å². The maximum atomic E-state index is 12.2. The van der Waals surface area contributed by atoms with Crippen molar-refractivity contribution in [2.45, 2.75) is 55.5 Å². The van der Waals surface area contributed by atoms with Crippen molar-refractivity contribution < 1.29 is 13.2 Å². The third kappa shape index (κ3) is 7.41. The Bertz CT molecular complexity index is 416. The first-order valence-electron chi connectivity index (χ1n) is 6.19. The van der Waals surface area contributed by atoms with Gasteiger partial charge < -0.3 is 5.73 Å². The van der Waals surface area contributed by atoms with Gasteiger partial charge in [-0.25, -0.2) is 0 Å². The zero-order valence-electron chi connectivity index (χ0n) is 11.8. The summed E-state index contributed by atoms with van der Waals surface area (Å²) >= 11 is 1.63. The van der Waals surface area contributed by atoms with Crippen LogP contribution < -0.4 is 5.73 Å². The lowest BCUT2D eigenvalue weighted by atomic mass is 10.0. The number of hydrogen-bond donors (Lipinski definition) is 1. The van der Waals surface area contributed by atoms with Crippen molar-refractivity contribution in [2.75, 3.05) is 0 Å². The fourth-order valence-corrected chi connectivity index (χ4v) is 2.83. The van der Waals surface area contributed by atoms with E-state index in [9.17, 15) is 13.2 Å². The SMILES string of the molecule is CC(C)(C)Sc1ccccc1[C@@H](N)CCC(F)(F)F.Cl. The first-order chi connectivity index (χ1) is 8.58. The van der Waals surface area contributed by atoms with Gasteiger partial charge in [0.25, 0.3) is 0 Å². The van der Waals surface area contributed by atoms with Crippen LogP contribution in [0.4, 0.5) is 13.2 Å². The van der Waals surface area contributed by atoms with Crippen LogP contribution in [0.3, 0.4) is 0 Å². The molecule has 0 amide bonds. The molecule has 20 heavy (non-hydrogen) atoms. The minimum Gasteiger partial charge on any atom is -0.324 e. The Kier molecular flexibility index (Phi) is 7.42. The van der Waals surface area contributed by atoms with Gasteiger partial charge in [0.05, 0.1) is 0 Å². The summed E-state index contributed by atoms with van der Waals surface area (Å²) < 4.78 is 36.7. The standard InChI is InChI=1S/C14H20F3NS.ClH/c1-13(2,3)19-12-7-5-4-6-10(12)11(18)8-9-14(15,16)17;/h4-7,11H,8-9,18H2,1-3H3;1H/t11-;/m0./s1. The third-order valence-electron chi connectivity index (χ3n) is 2.47. The minimum absolute atomic E-state index is 0. The summed E-state index contributed by atoms with van der Waals surface area (Å²) in [6, 6.07) is 6.85. The van der Waals surface area contributed by atoms with Gasteiger partial charge in [-0.15, -0.1) is 24.2 Å². The lowest BCUT2D eigenvalue weighted by molar-refractivity contribution is -0.136. The van der Waals surface area contributed by atoms with Crippen molar-refractivity contribution in [1.29, 1.82) is 0 Å². The van der Waals surface area contributed by atoms with Crippen LogP contribution in [0.15, 0.2) is 29.2 Å². The van der Waals surface area contributed by atoms with Gasteiger partial charge >= 0.3 is 6.18 Å². The summed E-state index contributed by atoms with van der Waals surface area (Å²) in [4.78, 5) is 0.963. The zero-order valence-corrected chi connectivity index (χ0v) is 13.5. The maximum Gasteiger partial charge on any atom is 0.389 e. The molecule has 0 bridgehead atoms. The molecule has 0 saturated carbocycles.